The van der Waals surface area contributed by atoms with Gasteiger partial charge < -0.3 is 33.2 Å². The van der Waals surface area contributed by atoms with Crippen molar-refractivity contribution in [2.45, 2.75) is 77.5 Å². The van der Waals surface area contributed by atoms with Gasteiger partial charge in [-0.25, -0.2) is 0 Å². The van der Waals surface area contributed by atoms with E-state index >= 15 is 0 Å². The summed E-state index contributed by atoms with van der Waals surface area (Å²) in [6, 6.07) is 9.45. The van der Waals surface area contributed by atoms with Crippen LogP contribution in [-0.4, -0.2) is 68.4 Å². The maximum absolute atomic E-state index is 12.7. The molecule has 0 saturated carbocycles. The Morgan fingerprint density at radius 3 is 2.40 bits per heavy atom. The molecule has 0 bridgehead atoms. The Morgan fingerprint density at radius 1 is 1.17 bits per heavy atom. The summed E-state index contributed by atoms with van der Waals surface area (Å²) in [5.74, 6) is -2.46. The summed E-state index contributed by atoms with van der Waals surface area (Å²) in [5, 5.41) is 0. The normalized spacial score (nSPS) is 31.7. The van der Waals surface area contributed by atoms with Crippen LogP contribution in [0.15, 0.2) is 30.3 Å². The van der Waals surface area contributed by atoms with Crippen LogP contribution >= 0.6 is 0 Å². The molecule has 3 heterocycles. The zero-order valence-corrected chi connectivity index (χ0v) is 21.0. The topological polar surface area (TPSA) is 116 Å². The van der Waals surface area contributed by atoms with Crippen molar-refractivity contribution in [3.63, 3.8) is 0 Å². The SMILES string of the molecule is CCOC(C)=O.CO[C@@]12CC(=O)O[C@@H]1[C@@H](OC(=O)C(C)(C)C)[C@@H]1O[C@H](c3ccccc3)OC[C@H]1O2. The first kappa shape index (κ1) is 27.1. The Kier molecular flexibility index (Phi) is 8.53. The van der Waals surface area contributed by atoms with Gasteiger partial charge in [0.25, 0.3) is 0 Å². The smallest absolute Gasteiger partial charge is 0.312 e. The van der Waals surface area contributed by atoms with E-state index in [4.69, 9.17) is 28.4 Å². The molecule has 1 aromatic rings. The second-order valence-corrected chi connectivity index (χ2v) is 9.48. The van der Waals surface area contributed by atoms with E-state index in [0.29, 0.717) is 6.61 Å². The lowest BCUT2D eigenvalue weighted by Crippen LogP contribution is -2.67. The molecule has 3 saturated heterocycles. The Balaban J connectivity index is 0.000000509. The van der Waals surface area contributed by atoms with Crippen LogP contribution < -0.4 is 0 Å². The highest BCUT2D eigenvalue weighted by Crippen LogP contribution is 2.45. The van der Waals surface area contributed by atoms with E-state index in [1.54, 1.807) is 27.7 Å². The molecule has 1 aromatic carbocycles. The van der Waals surface area contributed by atoms with Gasteiger partial charge in [0.05, 0.1) is 18.6 Å². The molecule has 35 heavy (non-hydrogen) atoms. The number of fused-ring (bicyclic) bond motifs is 2. The average molecular weight is 495 g/mol. The minimum absolute atomic E-state index is 0.0942. The predicted molar refractivity (Wildman–Crippen MR) is 121 cm³/mol. The van der Waals surface area contributed by atoms with Crippen molar-refractivity contribution in [2.24, 2.45) is 5.41 Å². The van der Waals surface area contributed by atoms with Gasteiger partial charge in [-0.15, -0.1) is 0 Å². The molecule has 0 amide bonds. The van der Waals surface area contributed by atoms with Crippen LogP contribution in [0.3, 0.4) is 0 Å². The highest BCUT2D eigenvalue weighted by molar-refractivity contribution is 5.76. The lowest BCUT2D eigenvalue weighted by atomic mass is 9.90. The molecule has 10 heteroatoms. The van der Waals surface area contributed by atoms with Crippen LogP contribution in [0.2, 0.25) is 0 Å². The first-order valence-electron chi connectivity index (χ1n) is 11.6. The summed E-state index contributed by atoms with van der Waals surface area (Å²) in [7, 11) is 1.44. The van der Waals surface area contributed by atoms with E-state index < -0.39 is 53.8 Å². The molecule has 3 fully saturated rings. The monoisotopic (exact) mass is 494 g/mol. The second kappa shape index (κ2) is 11.0. The van der Waals surface area contributed by atoms with Crippen LogP contribution in [0.4, 0.5) is 0 Å². The fourth-order valence-electron chi connectivity index (χ4n) is 4.02. The molecule has 0 N–H and O–H groups in total. The number of esters is 3. The molecule has 3 aliphatic rings. The highest BCUT2D eigenvalue weighted by atomic mass is 16.8. The van der Waals surface area contributed by atoms with Crippen LogP contribution in [0, 0.1) is 5.41 Å². The molecule has 4 rings (SSSR count). The number of carbonyl (C=O) groups is 3. The fourth-order valence-corrected chi connectivity index (χ4v) is 4.02. The third-order valence-electron chi connectivity index (χ3n) is 5.74. The van der Waals surface area contributed by atoms with Crippen LogP contribution in [0.1, 0.15) is 52.9 Å². The van der Waals surface area contributed by atoms with E-state index in [1.165, 1.54) is 14.0 Å². The Morgan fingerprint density at radius 2 is 1.86 bits per heavy atom. The first-order chi connectivity index (χ1) is 16.5. The van der Waals surface area contributed by atoms with Gasteiger partial charge in [0, 0.05) is 19.6 Å². The number of methoxy groups -OCH3 is 1. The van der Waals surface area contributed by atoms with Crippen LogP contribution in [0.25, 0.3) is 0 Å². The Bertz CT molecular complexity index is 895. The lowest BCUT2D eigenvalue weighted by molar-refractivity contribution is -0.385. The number of ether oxygens (including phenoxy) is 7. The first-order valence-corrected chi connectivity index (χ1v) is 11.6. The summed E-state index contributed by atoms with van der Waals surface area (Å²) in [5.41, 5.74) is 0.0923. The minimum atomic E-state index is -1.34. The van der Waals surface area contributed by atoms with Crippen molar-refractivity contribution >= 4 is 17.9 Å². The van der Waals surface area contributed by atoms with Gasteiger partial charge in [-0.1, -0.05) is 30.3 Å². The molecule has 6 atom stereocenters. The maximum Gasteiger partial charge on any atom is 0.312 e. The van der Waals surface area contributed by atoms with Gasteiger partial charge in [0.15, 0.2) is 18.5 Å². The third kappa shape index (κ3) is 6.19. The standard InChI is InChI=1S/C21H26O8.C4H8O2/c1-20(2,3)19(23)28-16-15-13(29-21(24-4)10-14(22)26-17(16)21)11-25-18(27-15)12-8-6-5-7-9-12;1-3-6-4(2)5/h5-9,13,15-18H,10-11H2,1-4H3;3H2,1-2H3/t13-,15-,16+,17-,18-,21-;/m1./s1. The number of hydrogen-bond donors (Lipinski definition) is 0. The van der Waals surface area contributed by atoms with E-state index in [1.807, 2.05) is 30.3 Å². The summed E-state index contributed by atoms with van der Waals surface area (Å²) in [6.45, 7) is 9.12. The molecular weight excluding hydrogens is 460 g/mol. The van der Waals surface area contributed by atoms with Gasteiger partial charge in [-0.05, 0) is 27.7 Å². The van der Waals surface area contributed by atoms with E-state index in [0.717, 1.165) is 5.56 Å². The predicted octanol–water partition coefficient (Wildman–Crippen LogP) is 2.68. The molecule has 10 nitrogen and oxygen atoms in total. The Hall–Kier alpha value is -2.53. The van der Waals surface area contributed by atoms with Crippen LogP contribution in [-0.2, 0) is 47.5 Å². The molecule has 0 unspecified atom stereocenters. The number of benzene rings is 1. The molecular formula is C25H34O10. The lowest BCUT2D eigenvalue weighted by Gasteiger charge is -2.50. The number of rotatable bonds is 4. The van der Waals surface area contributed by atoms with Crippen molar-refractivity contribution in [1.82, 2.24) is 0 Å². The van der Waals surface area contributed by atoms with E-state index in [-0.39, 0.29) is 19.0 Å². The Labute approximate surface area is 205 Å². The largest absolute Gasteiger partial charge is 0.466 e. The fraction of sp³-hybridized carbons (Fsp3) is 0.640. The zero-order chi connectivity index (χ0) is 25.8. The van der Waals surface area contributed by atoms with E-state index in [2.05, 4.69) is 4.74 Å². The maximum atomic E-state index is 12.7. The molecule has 0 aliphatic carbocycles. The van der Waals surface area contributed by atoms with Crippen molar-refractivity contribution in [3.05, 3.63) is 35.9 Å². The third-order valence-corrected chi connectivity index (χ3v) is 5.74. The second-order valence-electron chi connectivity index (χ2n) is 9.48. The average Bonchev–Trinajstić information content (AvgIpc) is 3.15. The summed E-state index contributed by atoms with van der Waals surface area (Å²) >= 11 is 0. The van der Waals surface area contributed by atoms with Crippen LogP contribution in [0.5, 0.6) is 0 Å². The summed E-state index contributed by atoms with van der Waals surface area (Å²) < 4.78 is 39.4. The van der Waals surface area contributed by atoms with Gasteiger partial charge >= 0.3 is 17.9 Å². The van der Waals surface area contributed by atoms with Crippen molar-refractivity contribution < 1.29 is 47.5 Å². The highest BCUT2D eigenvalue weighted by Gasteiger charge is 2.65. The molecule has 0 aromatic heterocycles. The van der Waals surface area contributed by atoms with Gasteiger partial charge in [0.1, 0.15) is 18.6 Å². The number of hydrogen-bond acceptors (Lipinski definition) is 10. The van der Waals surface area contributed by atoms with Gasteiger partial charge in [-0.3, -0.25) is 14.4 Å². The van der Waals surface area contributed by atoms with Crippen molar-refractivity contribution in [2.75, 3.05) is 20.3 Å². The molecule has 0 radical (unpaired) electrons. The van der Waals surface area contributed by atoms with E-state index in [9.17, 15) is 14.4 Å². The minimum Gasteiger partial charge on any atom is -0.466 e. The zero-order valence-electron chi connectivity index (χ0n) is 21.0. The quantitative estimate of drug-likeness (QED) is 0.457. The summed E-state index contributed by atoms with van der Waals surface area (Å²) in [4.78, 5) is 34.6. The summed E-state index contributed by atoms with van der Waals surface area (Å²) in [6.07, 6.45) is -3.82. The van der Waals surface area contributed by atoms with Crippen molar-refractivity contribution in [3.8, 4) is 0 Å². The number of carbonyl (C=O) groups excluding carboxylic acids is 3. The van der Waals surface area contributed by atoms with Crippen molar-refractivity contribution in [1.29, 1.82) is 0 Å². The molecule has 3 aliphatic heterocycles. The molecule has 194 valence electrons. The molecule has 0 spiro atoms. The van der Waals surface area contributed by atoms with Gasteiger partial charge in [0.2, 0.25) is 5.79 Å². The van der Waals surface area contributed by atoms with Gasteiger partial charge in [-0.2, -0.15) is 0 Å².